The molecule has 1 radical (unpaired) electrons. The molecule has 0 heteroatoms. The van der Waals surface area contributed by atoms with E-state index in [-0.39, 0.29) is 0 Å². The average Bonchev–Trinajstić information content (AvgIpc) is 2.56. The van der Waals surface area contributed by atoms with Gasteiger partial charge in [0.2, 0.25) is 0 Å². The van der Waals surface area contributed by atoms with Crippen LogP contribution in [0.3, 0.4) is 0 Å². The lowest BCUT2D eigenvalue weighted by Gasteiger charge is -2.01. The molecule has 0 amide bonds. The first-order valence-corrected chi connectivity index (χ1v) is 9.54. The largest absolute Gasteiger partial charge is 0.0885 e. The molecule has 1 rings (SSSR count). The first-order chi connectivity index (χ1) is 10.9. The summed E-state index contributed by atoms with van der Waals surface area (Å²) in [6, 6.07) is 11.6. The van der Waals surface area contributed by atoms with Crippen molar-refractivity contribution in [2.24, 2.45) is 0 Å². The van der Waals surface area contributed by atoms with Gasteiger partial charge in [-0.3, -0.25) is 0 Å². The van der Waals surface area contributed by atoms with Crippen molar-refractivity contribution in [2.75, 3.05) is 0 Å². The average molecular weight is 300 g/mol. The van der Waals surface area contributed by atoms with Crippen LogP contribution in [0, 0.1) is 6.07 Å². The lowest BCUT2D eigenvalue weighted by Crippen LogP contribution is -1.82. The SMILES string of the molecule is CCCCCCCCCCCCC=CCCc1[c]cccc1. The van der Waals surface area contributed by atoms with E-state index >= 15 is 0 Å². The van der Waals surface area contributed by atoms with Crippen LogP contribution in [0.4, 0.5) is 0 Å². The van der Waals surface area contributed by atoms with E-state index in [9.17, 15) is 0 Å². The van der Waals surface area contributed by atoms with Gasteiger partial charge in [0, 0.05) is 0 Å². The number of rotatable bonds is 14. The van der Waals surface area contributed by atoms with Gasteiger partial charge in [-0.1, -0.05) is 101 Å². The molecule has 1 aromatic carbocycles. The zero-order valence-electron chi connectivity index (χ0n) is 14.7. The molecule has 0 saturated carbocycles. The summed E-state index contributed by atoms with van der Waals surface area (Å²) < 4.78 is 0. The normalized spacial score (nSPS) is 11.3. The Hall–Kier alpha value is -1.04. The van der Waals surface area contributed by atoms with Crippen molar-refractivity contribution in [3.05, 3.63) is 48.0 Å². The van der Waals surface area contributed by atoms with Crippen molar-refractivity contribution in [2.45, 2.75) is 90.4 Å². The summed E-state index contributed by atoms with van der Waals surface area (Å²) in [6.07, 6.45) is 22.5. The van der Waals surface area contributed by atoms with Gasteiger partial charge in [0.15, 0.2) is 0 Å². The van der Waals surface area contributed by atoms with Crippen LogP contribution in [-0.4, -0.2) is 0 Å². The molecule has 22 heavy (non-hydrogen) atoms. The van der Waals surface area contributed by atoms with Crippen molar-refractivity contribution in [1.82, 2.24) is 0 Å². The van der Waals surface area contributed by atoms with Gasteiger partial charge in [-0.05, 0) is 37.3 Å². The molecule has 0 unspecified atom stereocenters. The van der Waals surface area contributed by atoms with E-state index in [2.05, 4.69) is 37.3 Å². The minimum absolute atomic E-state index is 1.12. The summed E-state index contributed by atoms with van der Waals surface area (Å²) in [6.45, 7) is 2.29. The highest BCUT2D eigenvalue weighted by Crippen LogP contribution is 2.11. The van der Waals surface area contributed by atoms with Gasteiger partial charge in [-0.2, -0.15) is 0 Å². The Balaban J connectivity index is 1.80. The molecule has 0 nitrogen and oxygen atoms in total. The summed E-state index contributed by atoms with van der Waals surface area (Å²) in [5, 5.41) is 0. The maximum Gasteiger partial charge on any atom is -0.0149 e. The maximum absolute atomic E-state index is 3.28. The van der Waals surface area contributed by atoms with E-state index in [0.29, 0.717) is 0 Å². The molecule has 1 aromatic rings. The quantitative estimate of drug-likeness (QED) is 0.250. The predicted molar refractivity (Wildman–Crippen MR) is 99.2 cm³/mol. The number of benzene rings is 1. The molecule has 0 fully saturated rings. The van der Waals surface area contributed by atoms with Gasteiger partial charge in [0.05, 0.1) is 0 Å². The van der Waals surface area contributed by atoms with Gasteiger partial charge >= 0.3 is 0 Å². The van der Waals surface area contributed by atoms with Crippen LogP contribution in [0.2, 0.25) is 0 Å². The molecule has 0 bridgehead atoms. The van der Waals surface area contributed by atoms with Gasteiger partial charge < -0.3 is 0 Å². The van der Waals surface area contributed by atoms with E-state index in [1.807, 2.05) is 12.1 Å². The first-order valence-electron chi connectivity index (χ1n) is 9.54. The van der Waals surface area contributed by atoms with Crippen LogP contribution in [0.25, 0.3) is 0 Å². The third kappa shape index (κ3) is 11.6. The van der Waals surface area contributed by atoms with Crippen LogP contribution in [0.15, 0.2) is 36.4 Å². The van der Waals surface area contributed by atoms with Gasteiger partial charge in [0.1, 0.15) is 0 Å². The fourth-order valence-electron chi connectivity index (χ4n) is 2.81. The smallest absolute Gasteiger partial charge is 0.0149 e. The van der Waals surface area contributed by atoms with Gasteiger partial charge in [-0.15, -0.1) is 0 Å². The Bertz CT molecular complexity index is 350. The van der Waals surface area contributed by atoms with Crippen LogP contribution in [0.5, 0.6) is 0 Å². The summed E-state index contributed by atoms with van der Waals surface area (Å²) in [7, 11) is 0. The van der Waals surface area contributed by atoms with Crippen LogP contribution in [-0.2, 0) is 6.42 Å². The summed E-state index contributed by atoms with van der Waals surface area (Å²) in [5.74, 6) is 0. The van der Waals surface area contributed by atoms with Crippen LogP contribution >= 0.6 is 0 Å². The Morgan fingerprint density at radius 3 is 2.05 bits per heavy atom. The van der Waals surface area contributed by atoms with E-state index < -0.39 is 0 Å². The van der Waals surface area contributed by atoms with Crippen LogP contribution in [0.1, 0.15) is 89.5 Å². The standard InChI is InChI=1S/C22H35/c1-2-3-4-5-6-7-8-9-10-11-12-13-14-16-19-22-20-17-15-18-21-22/h13-15,17-18,20H,2-12,16,19H2,1H3. The lowest BCUT2D eigenvalue weighted by atomic mass is 10.1. The van der Waals surface area contributed by atoms with Crippen molar-refractivity contribution >= 4 is 0 Å². The summed E-state index contributed by atoms with van der Waals surface area (Å²) >= 11 is 0. The van der Waals surface area contributed by atoms with Crippen molar-refractivity contribution in [3.63, 3.8) is 0 Å². The molecule has 0 N–H and O–H groups in total. The lowest BCUT2D eigenvalue weighted by molar-refractivity contribution is 0.557. The third-order valence-corrected chi connectivity index (χ3v) is 4.24. The van der Waals surface area contributed by atoms with Crippen molar-refractivity contribution in [3.8, 4) is 0 Å². The second-order valence-electron chi connectivity index (χ2n) is 6.37. The van der Waals surface area contributed by atoms with E-state index in [1.165, 1.54) is 76.2 Å². The highest BCUT2D eigenvalue weighted by molar-refractivity contribution is 5.13. The number of allylic oxidation sites excluding steroid dienone is 2. The molecule has 0 aliphatic rings. The topological polar surface area (TPSA) is 0 Å². The monoisotopic (exact) mass is 299 g/mol. The molecule has 0 aromatic heterocycles. The fourth-order valence-corrected chi connectivity index (χ4v) is 2.81. The Morgan fingerprint density at radius 2 is 1.41 bits per heavy atom. The van der Waals surface area contributed by atoms with Gasteiger partial charge in [-0.25, -0.2) is 0 Å². The van der Waals surface area contributed by atoms with Crippen molar-refractivity contribution in [1.29, 1.82) is 0 Å². The number of hydrogen-bond donors (Lipinski definition) is 0. The highest BCUT2D eigenvalue weighted by Gasteiger charge is 1.92. The predicted octanol–water partition coefficient (Wildman–Crippen LogP) is 7.29. The van der Waals surface area contributed by atoms with E-state index in [4.69, 9.17) is 0 Å². The fraction of sp³-hybridized carbons (Fsp3) is 0.636. The highest BCUT2D eigenvalue weighted by atomic mass is 14.0. The molecule has 0 atom stereocenters. The van der Waals surface area contributed by atoms with E-state index in [0.717, 1.165) is 12.8 Å². The Morgan fingerprint density at radius 1 is 0.773 bits per heavy atom. The Labute approximate surface area is 139 Å². The molecular formula is C22H35. The van der Waals surface area contributed by atoms with Crippen molar-refractivity contribution < 1.29 is 0 Å². The van der Waals surface area contributed by atoms with Gasteiger partial charge in [0.25, 0.3) is 0 Å². The minimum atomic E-state index is 1.12. The van der Waals surface area contributed by atoms with Crippen LogP contribution < -0.4 is 0 Å². The first kappa shape index (κ1) is 19.0. The Kier molecular flexibility index (Phi) is 12.9. The molecule has 0 heterocycles. The molecular weight excluding hydrogens is 264 g/mol. The summed E-state index contributed by atoms with van der Waals surface area (Å²) in [4.78, 5) is 0. The zero-order valence-corrected chi connectivity index (χ0v) is 14.7. The molecule has 123 valence electrons. The third-order valence-electron chi connectivity index (χ3n) is 4.24. The molecule has 0 aliphatic heterocycles. The van der Waals surface area contributed by atoms with E-state index in [1.54, 1.807) is 0 Å². The second kappa shape index (κ2) is 14.9. The minimum Gasteiger partial charge on any atom is -0.0885 e. The second-order valence-corrected chi connectivity index (χ2v) is 6.37. The molecule has 0 aliphatic carbocycles. The zero-order chi connectivity index (χ0) is 15.7. The molecule has 0 spiro atoms. The molecule has 0 saturated heterocycles. The maximum atomic E-state index is 3.28. The number of unbranched alkanes of at least 4 members (excludes halogenated alkanes) is 10. The number of aryl methyl sites for hydroxylation is 1. The number of hydrogen-bond acceptors (Lipinski definition) is 0. The summed E-state index contributed by atoms with van der Waals surface area (Å²) in [5.41, 5.74) is 1.33.